The zero-order valence-corrected chi connectivity index (χ0v) is 13.9. The summed E-state index contributed by atoms with van der Waals surface area (Å²) < 4.78 is 0. The summed E-state index contributed by atoms with van der Waals surface area (Å²) in [4.78, 5) is 18.1. The van der Waals surface area contributed by atoms with Gasteiger partial charge in [-0.1, -0.05) is 18.2 Å². The average Bonchev–Trinajstić information content (AvgIpc) is 3.22. The number of para-hydroxylation sites is 1. The van der Waals surface area contributed by atoms with Crippen molar-refractivity contribution in [3.8, 4) is 0 Å². The fourth-order valence-corrected chi connectivity index (χ4v) is 3.76. The number of aromatic nitrogens is 3. The normalized spacial score (nSPS) is 18.2. The van der Waals surface area contributed by atoms with E-state index in [1.807, 2.05) is 35.5 Å². The second-order valence-electron chi connectivity index (χ2n) is 6.68. The van der Waals surface area contributed by atoms with Gasteiger partial charge in [-0.2, -0.15) is 5.10 Å². The topological polar surface area (TPSA) is 64.8 Å². The van der Waals surface area contributed by atoms with Crippen molar-refractivity contribution in [2.75, 3.05) is 13.1 Å². The van der Waals surface area contributed by atoms with Gasteiger partial charge in [0, 0.05) is 41.8 Å². The van der Waals surface area contributed by atoms with Crippen LogP contribution in [0, 0.1) is 6.92 Å². The first-order valence-electron chi connectivity index (χ1n) is 8.55. The second kappa shape index (κ2) is 6.15. The molecule has 1 aliphatic heterocycles. The number of nitrogens with one attached hydrogen (secondary N) is 2. The lowest BCUT2D eigenvalue weighted by Gasteiger charge is -2.32. The Labute approximate surface area is 141 Å². The molecule has 2 aromatic heterocycles. The number of aromatic amines is 2. The number of hydrogen-bond donors (Lipinski definition) is 2. The molecular formula is C19H22N4O. The minimum Gasteiger partial charge on any atom is -0.361 e. The van der Waals surface area contributed by atoms with Crippen molar-refractivity contribution in [2.24, 2.45) is 0 Å². The van der Waals surface area contributed by atoms with Gasteiger partial charge in [0.1, 0.15) is 0 Å². The Morgan fingerprint density at radius 1 is 1.38 bits per heavy atom. The average molecular weight is 322 g/mol. The highest BCUT2D eigenvalue weighted by atomic mass is 16.2. The van der Waals surface area contributed by atoms with Crippen LogP contribution >= 0.6 is 0 Å². The molecule has 5 nitrogen and oxygen atoms in total. The molecule has 1 amide bonds. The predicted octanol–water partition coefficient (Wildman–Crippen LogP) is 3.15. The van der Waals surface area contributed by atoms with E-state index in [2.05, 4.69) is 28.2 Å². The van der Waals surface area contributed by atoms with Gasteiger partial charge in [-0.3, -0.25) is 9.89 Å². The van der Waals surface area contributed by atoms with Gasteiger partial charge in [-0.15, -0.1) is 0 Å². The summed E-state index contributed by atoms with van der Waals surface area (Å²) in [6.45, 7) is 3.71. The van der Waals surface area contributed by atoms with E-state index in [0.29, 0.717) is 12.3 Å². The summed E-state index contributed by atoms with van der Waals surface area (Å²) in [7, 11) is 0. The largest absolute Gasteiger partial charge is 0.361 e. The molecule has 124 valence electrons. The molecular weight excluding hydrogens is 300 g/mol. The van der Waals surface area contributed by atoms with Crippen molar-refractivity contribution in [2.45, 2.75) is 32.1 Å². The first-order chi connectivity index (χ1) is 11.7. The molecule has 3 heterocycles. The van der Waals surface area contributed by atoms with Crippen LogP contribution in [0.25, 0.3) is 10.9 Å². The van der Waals surface area contributed by atoms with E-state index >= 15 is 0 Å². The number of likely N-dealkylation sites (tertiary alicyclic amines) is 1. The molecule has 0 bridgehead atoms. The molecule has 1 unspecified atom stereocenters. The van der Waals surface area contributed by atoms with Crippen molar-refractivity contribution in [1.82, 2.24) is 20.1 Å². The molecule has 5 heteroatoms. The third-order valence-electron chi connectivity index (χ3n) is 5.07. The highest BCUT2D eigenvalue weighted by Gasteiger charge is 2.26. The van der Waals surface area contributed by atoms with Gasteiger partial charge in [0.15, 0.2) is 0 Å². The van der Waals surface area contributed by atoms with Gasteiger partial charge >= 0.3 is 0 Å². The fourth-order valence-electron chi connectivity index (χ4n) is 3.76. The molecule has 3 aromatic rings. The SMILES string of the molecule is Cc1cn[nH]c1C1CCCN(C(=O)Cc2c[nH]c3ccccc23)C1. The van der Waals surface area contributed by atoms with Crippen LogP contribution in [0.15, 0.2) is 36.7 Å². The van der Waals surface area contributed by atoms with Crippen LogP contribution in [0.2, 0.25) is 0 Å². The van der Waals surface area contributed by atoms with E-state index in [-0.39, 0.29) is 5.91 Å². The molecule has 0 radical (unpaired) electrons. The smallest absolute Gasteiger partial charge is 0.227 e. The number of amides is 1. The van der Waals surface area contributed by atoms with Gasteiger partial charge in [-0.25, -0.2) is 0 Å². The van der Waals surface area contributed by atoms with Crippen molar-refractivity contribution in [1.29, 1.82) is 0 Å². The standard InChI is InChI=1S/C19H22N4O/c1-13-10-21-22-19(13)14-5-4-8-23(12-14)18(24)9-15-11-20-17-7-3-2-6-16(15)17/h2-3,6-7,10-11,14,20H,4-5,8-9,12H2,1H3,(H,21,22). The Bertz CT molecular complexity index is 863. The highest BCUT2D eigenvalue weighted by Crippen LogP contribution is 2.28. The summed E-state index contributed by atoms with van der Waals surface area (Å²) in [6.07, 6.45) is 6.44. The van der Waals surface area contributed by atoms with Crippen molar-refractivity contribution in [3.63, 3.8) is 0 Å². The number of carbonyl (C=O) groups is 1. The predicted molar refractivity (Wildman–Crippen MR) is 93.9 cm³/mol. The number of nitrogens with zero attached hydrogens (tertiary/aromatic N) is 2. The van der Waals surface area contributed by atoms with Crippen molar-refractivity contribution < 1.29 is 4.79 Å². The summed E-state index contributed by atoms with van der Waals surface area (Å²) in [5.41, 5.74) is 4.53. The van der Waals surface area contributed by atoms with Crippen LogP contribution < -0.4 is 0 Å². The molecule has 1 atom stereocenters. The Morgan fingerprint density at radius 3 is 3.08 bits per heavy atom. The number of aryl methyl sites for hydroxylation is 1. The highest BCUT2D eigenvalue weighted by molar-refractivity contribution is 5.88. The lowest BCUT2D eigenvalue weighted by Crippen LogP contribution is -2.40. The molecule has 0 saturated carbocycles. The van der Waals surface area contributed by atoms with Crippen LogP contribution in [-0.2, 0) is 11.2 Å². The monoisotopic (exact) mass is 322 g/mol. The van der Waals surface area contributed by atoms with E-state index in [4.69, 9.17) is 0 Å². The summed E-state index contributed by atoms with van der Waals surface area (Å²) in [6, 6.07) is 8.14. The van der Waals surface area contributed by atoms with Gasteiger partial charge in [0.25, 0.3) is 0 Å². The number of hydrogen-bond acceptors (Lipinski definition) is 2. The van der Waals surface area contributed by atoms with Gasteiger partial charge in [-0.05, 0) is 37.0 Å². The Kier molecular flexibility index (Phi) is 3.84. The van der Waals surface area contributed by atoms with Gasteiger partial charge in [0.05, 0.1) is 12.6 Å². The maximum atomic E-state index is 12.8. The summed E-state index contributed by atoms with van der Waals surface area (Å²) in [5, 5.41) is 8.38. The first kappa shape index (κ1) is 15.0. The molecule has 1 fully saturated rings. The third kappa shape index (κ3) is 2.70. The van der Waals surface area contributed by atoms with Crippen molar-refractivity contribution in [3.05, 3.63) is 53.5 Å². The number of fused-ring (bicyclic) bond motifs is 1. The Balaban J connectivity index is 1.49. The number of rotatable bonds is 3. The van der Waals surface area contributed by atoms with Gasteiger partial charge < -0.3 is 9.88 Å². The van der Waals surface area contributed by atoms with Gasteiger partial charge in [0.2, 0.25) is 5.91 Å². The number of piperidine rings is 1. The van der Waals surface area contributed by atoms with E-state index < -0.39 is 0 Å². The minimum atomic E-state index is 0.210. The van der Waals surface area contributed by atoms with Crippen LogP contribution in [-0.4, -0.2) is 39.1 Å². The van der Waals surface area contributed by atoms with E-state index in [1.165, 1.54) is 11.3 Å². The van der Waals surface area contributed by atoms with E-state index in [9.17, 15) is 4.79 Å². The minimum absolute atomic E-state index is 0.210. The van der Waals surface area contributed by atoms with Crippen LogP contribution in [0.5, 0.6) is 0 Å². The summed E-state index contributed by atoms with van der Waals surface area (Å²) >= 11 is 0. The van der Waals surface area contributed by atoms with Crippen LogP contribution in [0.3, 0.4) is 0 Å². The molecule has 1 aliphatic rings. The fraction of sp³-hybridized carbons (Fsp3) is 0.368. The molecule has 0 spiro atoms. The van der Waals surface area contributed by atoms with Crippen molar-refractivity contribution >= 4 is 16.8 Å². The number of H-pyrrole nitrogens is 2. The lowest BCUT2D eigenvalue weighted by molar-refractivity contribution is -0.131. The molecule has 2 N–H and O–H groups in total. The van der Waals surface area contributed by atoms with E-state index in [0.717, 1.165) is 42.4 Å². The second-order valence-corrected chi connectivity index (χ2v) is 6.68. The molecule has 4 rings (SSSR count). The first-order valence-corrected chi connectivity index (χ1v) is 8.55. The quantitative estimate of drug-likeness (QED) is 0.778. The van der Waals surface area contributed by atoms with E-state index in [1.54, 1.807) is 0 Å². The lowest BCUT2D eigenvalue weighted by atomic mass is 9.92. The number of carbonyl (C=O) groups excluding carboxylic acids is 1. The summed E-state index contributed by atoms with van der Waals surface area (Å²) in [5.74, 6) is 0.579. The zero-order chi connectivity index (χ0) is 16.5. The molecule has 24 heavy (non-hydrogen) atoms. The number of benzene rings is 1. The maximum Gasteiger partial charge on any atom is 0.227 e. The zero-order valence-electron chi connectivity index (χ0n) is 13.9. The molecule has 0 aliphatic carbocycles. The Hall–Kier alpha value is -2.56. The molecule has 1 aromatic carbocycles. The Morgan fingerprint density at radius 2 is 2.25 bits per heavy atom. The molecule has 1 saturated heterocycles. The van der Waals surface area contributed by atoms with Crippen LogP contribution in [0.4, 0.5) is 0 Å². The third-order valence-corrected chi connectivity index (χ3v) is 5.07. The van der Waals surface area contributed by atoms with Crippen LogP contribution in [0.1, 0.15) is 35.6 Å². The maximum absolute atomic E-state index is 12.8.